The minimum Gasteiger partial charge on any atom is -0.455 e. The number of benzene rings is 2. The molecule has 1 fully saturated rings. The molecule has 0 aliphatic carbocycles. The molecule has 2 aromatic carbocycles. The van der Waals surface area contributed by atoms with Gasteiger partial charge in [0.05, 0.1) is 5.69 Å². The summed E-state index contributed by atoms with van der Waals surface area (Å²) in [5.74, 6) is 1.69. The molecule has 1 saturated heterocycles. The lowest BCUT2D eigenvalue weighted by atomic mass is 9.98. The number of likely N-dealkylation sites (tertiary alicyclic amines) is 1. The van der Waals surface area contributed by atoms with Gasteiger partial charge in [0.1, 0.15) is 5.75 Å². The molecular formula is C21H26N4O3. The first-order valence-corrected chi connectivity index (χ1v) is 9.49. The van der Waals surface area contributed by atoms with E-state index in [2.05, 4.69) is 16.2 Å². The number of carbonyl (C=O) groups is 2. The number of para-hydroxylation sites is 3. The van der Waals surface area contributed by atoms with Gasteiger partial charge in [-0.15, -0.1) is 0 Å². The van der Waals surface area contributed by atoms with E-state index in [1.54, 1.807) is 6.92 Å². The molecule has 7 nitrogen and oxygen atoms in total. The van der Waals surface area contributed by atoms with Gasteiger partial charge in [-0.2, -0.15) is 0 Å². The summed E-state index contributed by atoms with van der Waals surface area (Å²) >= 11 is 0. The van der Waals surface area contributed by atoms with Crippen molar-refractivity contribution in [1.82, 2.24) is 15.6 Å². The highest BCUT2D eigenvalue weighted by atomic mass is 16.5. The third kappa shape index (κ3) is 5.64. The Hall–Kier alpha value is -3.22. The fourth-order valence-electron chi connectivity index (χ4n) is 3.20. The van der Waals surface area contributed by atoms with Crippen LogP contribution in [0.2, 0.25) is 0 Å². The fourth-order valence-corrected chi connectivity index (χ4v) is 3.20. The Balaban J connectivity index is 1.48. The number of hydrazine groups is 1. The van der Waals surface area contributed by atoms with E-state index in [-0.39, 0.29) is 17.9 Å². The van der Waals surface area contributed by atoms with E-state index in [0.717, 1.165) is 19.4 Å². The molecule has 7 heteroatoms. The van der Waals surface area contributed by atoms with Gasteiger partial charge in [0, 0.05) is 26.6 Å². The summed E-state index contributed by atoms with van der Waals surface area (Å²) in [4.78, 5) is 25.5. The quantitative estimate of drug-likeness (QED) is 0.669. The minimum atomic E-state index is -0.325. The molecular weight excluding hydrogens is 356 g/mol. The lowest BCUT2D eigenvalue weighted by Crippen LogP contribution is -2.45. The van der Waals surface area contributed by atoms with Crippen LogP contribution >= 0.6 is 0 Å². The normalized spacial score (nSPS) is 16.2. The Morgan fingerprint density at radius 1 is 1.11 bits per heavy atom. The molecule has 0 aromatic heterocycles. The summed E-state index contributed by atoms with van der Waals surface area (Å²) in [6.45, 7) is 3.61. The molecule has 2 aromatic rings. The maximum absolute atomic E-state index is 12.1. The molecule has 3 amide bonds. The van der Waals surface area contributed by atoms with Crippen LogP contribution in [-0.4, -0.2) is 36.5 Å². The average Bonchev–Trinajstić information content (AvgIpc) is 2.72. The first kappa shape index (κ1) is 19.5. The second kappa shape index (κ2) is 9.64. The summed E-state index contributed by atoms with van der Waals surface area (Å²) in [5.41, 5.74) is 6.19. The molecule has 28 heavy (non-hydrogen) atoms. The van der Waals surface area contributed by atoms with Crippen molar-refractivity contribution in [2.75, 3.05) is 25.1 Å². The maximum Gasteiger partial charge on any atom is 0.333 e. The third-order valence-electron chi connectivity index (χ3n) is 4.68. The second-order valence-corrected chi connectivity index (χ2v) is 6.84. The zero-order valence-electron chi connectivity index (χ0n) is 16.0. The number of piperidine rings is 1. The number of amides is 3. The topological polar surface area (TPSA) is 82.7 Å². The highest BCUT2D eigenvalue weighted by Crippen LogP contribution is 2.28. The Morgan fingerprint density at radius 3 is 2.64 bits per heavy atom. The number of urea groups is 1. The highest BCUT2D eigenvalue weighted by Gasteiger charge is 2.21. The summed E-state index contributed by atoms with van der Waals surface area (Å²) in [7, 11) is 0. The molecule has 3 rings (SSSR count). The van der Waals surface area contributed by atoms with E-state index >= 15 is 0 Å². The molecule has 0 bridgehead atoms. The van der Waals surface area contributed by atoms with Crippen LogP contribution in [0.25, 0.3) is 0 Å². The molecule has 1 aliphatic rings. The van der Waals surface area contributed by atoms with Gasteiger partial charge >= 0.3 is 6.03 Å². The zero-order valence-corrected chi connectivity index (χ0v) is 16.0. The molecule has 0 spiro atoms. The summed E-state index contributed by atoms with van der Waals surface area (Å²) in [6, 6.07) is 16.5. The molecule has 0 saturated carbocycles. The molecule has 1 unspecified atom stereocenters. The van der Waals surface area contributed by atoms with Gasteiger partial charge in [-0.25, -0.2) is 4.79 Å². The van der Waals surface area contributed by atoms with E-state index < -0.39 is 0 Å². The van der Waals surface area contributed by atoms with Crippen LogP contribution in [0.4, 0.5) is 10.5 Å². The Morgan fingerprint density at radius 2 is 1.86 bits per heavy atom. The summed E-state index contributed by atoms with van der Waals surface area (Å²) in [6.07, 6.45) is 1.97. The first-order valence-electron chi connectivity index (χ1n) is 9.49. The Bertz CT molecular complexity index is 797. The monoisotopic (exact) mass is 382 g/mol. The van der Waals surface area contributed by atoms with Crippen molar-refractivity contribution in [3.8, 4) is 11.5 Å². The van der Waals surface area contributed by atoms with Crippen LogP contribution < -0.4 is 20.9 Å². The van der Waals surface area contributed by atoms with Gasteiger partial charge in [0.15, 0.2) is 5.75 Å². The van der Waals surface area contributed by atoms with E-state index in [1.165, 1.54) is 0 Å². The van der Waals surface area contributed by atoms with Crippen LogP contribution in [0.5, 0.6) is 11.5 Å². The number of nitrogens with zero attached hydrogens (tertiary/aromatic N) is 1. The van der Waals surface area contributed by atoms with Gasteiger partial charge in [-0.1, -0.05) is 30.3 Å². The molecule has 1 aliphatic heterocycles. The van der Waals surface area contributed by atoms with Crippen molar-refractivity contribution in [2.24, 2.45) is 5.92 Å². The zero-order chi connectivity index (χ0) is 19.8. The van der Waals surface area contributed by atoms with Crippen molar-refractivity contribution in [1.29, 1.82) is 0 Å². The van der Waals surface area contributed by atoms with Crippen molar-refractivity contribution >= 4 is 17.6 Å². The SMILES string of the molecule is CC(=O)N1CCCC(CNC(=O)NNc2ccccc2Oc2ccccc2)C1. The van der Waals surface area contributed by atoms with Crippen molar-refractivity contribution in [3.63, 3.8) is 0 Å². The minimum absolute atomic E-state index is 0.0887. The fraction of sp³-hybridized carbons (Fsp3) is 0.333. The first-order chi connectivity index (χ1) is 13.6. The largest absolute Gasteiger partial charge is 0.455 e. The number of ether oxygens (including phenoxy) is 1. The Kier molecular flexibility index (Phi) is 6.73. The van der Waals surface area contributed by atoms with E-state index in [0.29, 0.717) is 30.3 Å². The smallest absolute Gasteiger partial charge is 0.333 e. The summed E-state index contributed by atoms with van der Waals surface area (Å²) in [5, 5.41) is 2.86. The van der Waals surface area contributed by atoms with Crippen LogP contribution in [0.1, 0.15) is 19.8 Å². The lowest BCUT2D eigenvalue weighted by molar-refractivity contribution is -0.130. The molecule has 3 N–H and O–H groups in total. The maximum atomic E-state index is 12.1. The predicted octanol–water partition coefficient (Wildman–Crippen LogP) is 3.36. The van der Waals surface area contributed by atoms with Gasteiger partial charge in [-0.3, -0.25) is 15.6 Å². The van der Waals surface area contributed by atoms with Gasteiger partial charge in [0.2, 0.25) is 5.91 Å². The van der Waals surface area contributed by atoms with Crippen molar-refractivity contribution in [3.05, 3.63) is 54.6 Å². The average molecular weight is 382 g/mol. The number of nitrogens with one attached hydrogen (secondary N) is 3. The molecule has 1 atom stereocenters. The lowest BCUT2D eigenvalue weighted by Gasteiger charge is -2.32. The van der Waals surface area contributed by atoms with Crippen molar-refractivity contribution in [2.45, 2.75) is 19.8 Å². The number of carbonyl (C=O) groups excluding carboxylic acids is 2. The standard InChI is InChI=1S/C21H26N4O3/c1-16(26)25-13-7-8-17(15-25)14-22-21(27)24-23-19-11-5-6-12-20(19)28-18-9-3-2-4-10-18/h2-6,9-12,17,23H,7-8,13-15H2,1H3,(H2,22,24,27). The van der Waals surface area contributed by atoms with Crippen LogP contribution in [0.3, 0.4) is 0 Å². The Labute approximate surface area is 165 Å². The number of anilines is 1. The van der Waals surface area contributed by atoms with Crippen LogP contribution in [0.15, 0.2) is 54.6 Å². The third-order valence-corrected chi connectivity index (χ3v) is 4.68. The molecule has 1 heterocycles. The van der Waals surface area contributed by atoms with E-state index in [4.69, 9.17) is 4.74 Å². The van der Waals surface area contributed by atoms with Crippen molar-refractivity contribution < 1.29 is 14.3 Å². The number of hydrogen-bond acceptors (Lipinski definition) is 4. The van der Waals surface area contributed by atoms with E-state index in [9.17, 15) is 9.59 Å². The second-order valence-electron chi connectivity index (χ2n) is 6.84. The van der Waals surface area contributed by atoms with E-state index in [1.807, 2.05) is 59.5 Å². The van der Waals surface area contributed by atoms with Crippen LogP contribution in [-0.2, 0) is 4.79 Å². The summed E-state index contributed by atoms with van der Waals surface area (Å²) < 4.78 is 5.86. The number of rotatable bonds is 6. The van der Waals surface area contributed by atoms with Gasteiger partial charge in [-0.05, 0) is 43.0 Å². The molecule has 0 radical (unpaired) electrons. The predicted molar refractivity (Wildman–Crippen MR) is 108 cm³/mol. The molecule has 148 valence electrons. The van der Waals surface area contributed by atoms with Gasteiger partial charge < -0.3 is 15.0 Å². The van der Waals surface area contributed by atoms with Gasteiger partial charge in [0.25, 0.3) is 0 Å². The number of hydrogen-bond donors (Lipinski definition) is 3. The van der Waals surface area contributed by atoms with Crippen LogP contribution in [0, 0.1) is 5.92 Å². The highest BCUT2D eigenvalue weighted by molar-refractivity contribution is 5.76.